The molecule has 0 bridgehead atoms. The minimum Gasteiger partial charge on any atom is -0.339 e. The number of hydrogen-bond acceptors (Lipinski definition) is 3. The third kappa shape index (κ3) is 5.33. The molecule has 1 saturated heterocycles. The number of piperazine rings is 1. The Morgan fingerprint density at radius 1 is 0.848 bits per heavy atom. The van der Waals surface area contributed by atoms with Crippen LogP contribution in [-0.2, 0) is 24.2 Å². The zero-order chi connectivity index (χ0) is 22.6. The van der Waals surface area contributed by atoms with E-state index in [4.69, 9.17) is 0 Å². The van der Waals surface area contributed by atoms with E-state index in [0.717, 1.165) is 58.2 Å². The zero-order valence-electron chi connectivity index (χ0n) is 20.3. The molecule has 1 aliphatic carbocycles. The fraction of sp³-hybridized carbons (Fsp3) is 0.552. The number of nitrogens with zero attached hydrogens (tertiary/aromatic N) is 3. The van der Waals surface area contributed by atoms with Crippen molar-refractivity contribution in [1.82, 2.24) is 14.7 Å². The van der Waals surface area contributed by atoms with Crippen molar-refractivity contribution >= 4 is 5.91 Å². The topological polar surface area (TPSA) is 26.8 Å². The molecule has 3 aliphatic rings. The normalized spacial score (nSPS) is 20.6. The van der Waals surface area contributed by atoms with Gasteiger partial charge in [0.15, 0.2) is 0 Å². The Balaban J connectivity index is 1.14. The molecular formula is C29H39N3O. The van der Waals surface area contributed by atoms with Gasteiger partial charge in [-0.1, -0.05) is 68.7 Å². The van der Waals surface area contributed by atoms with Gasteiger partial charge in [0.05, 0.1) is 6.54 Å². The molecule has 2 heterocycles. The first-order valence-corrected chi connectivity index (χ1v) is 13.1. The predicted molar refractivity (Wildman–Crippen MR) is 135 cm³/mol. The summed E-state index contributed by atoms with van der Waals surface area (Å²) >= 11 is 0. The average molecular weight is 446 g/mol. The largest absolute Gasteiger partial charge is 0.339 e. The number of hydrogen-bond donors (Lipinski definition) is 0. The Kier molecular flexibility index (Phi) is 7.13. The Morgan fingerprint density at radius 3 is 2.30 bits per heavy atom. The number of benzene rings is 2. The fourth-order valence-corrected chi connectivity index (χ4v) is 5.93. The van der Waals surface area contributed by atoms with Gasteiger partial charge in [0.2, 0.25) is 5.91 Å². The van der Waals surface area contributed by atoms with Crippen molar-refractivity contribution in [1.29, 1.82) is 0 Å². The second kappa shape index (κ2) is 10.4. The Hall–Kier alpha value is -2.17. The van der Waals surface area contributed by atoms with E-state index in [1.165, 1.54) is 59.9 Å². The lowest BCUT2D eigenvalue weighted by Crippen LogP contribution is -2.54. The Bertz CT molecular complexity index is 940. The van der Waals surface area contributed by atoms with Crippen LogP contribution in [0.3, 0.4) is 0 Å². The van der Waals surface area contributed by atoms with Gasteiger partial charge >= 0.3 is 0 Å². The summed E-state index contributed by atoms with van der Waals surface area (Å²) in [5, 5.41) is 0. The van der Waals surface area contributed by atoms with E-state index in [1.807, 2.05) is 0 Å². The molecule has 2 aromatic rings. The van der Waals surface area contributed by atoms with Gasteiger partial charge in [0.25, 0.3) is 0 Å². The van der Waals surface area contributed by atoms with Gasteiger partial charge < -0.3 is 4.90 Å². The van der Waals surface area contributed by atoms with Crippen molar-refractivity contribution in [2.45, 2.75) is 64.5 Å². The van der Waals surface area contributed by atoms with Crippen LogP contribution in [0.4, 0.5) is 0 Å². The van der Waals surface area contributed by atoms with E-state index in [2.05, 4.69) is 64.1 Å². The molecule has 176 valence electrons. The summed E-state index contributed by atoms with van der Waals surface area (Å²) in [4.78, 5) is 20.1. The van der Waals surface area contributed by atoms with Crippen LogP contribution in [0, 0.1) is 0 Å². The number of amides is 1. The maximum atomic E-state index is 13.0. The number of carbonyl (C=O) groups is 1. The average Bonchev–Trinajstić information content (AvgIpc) is 2.89. The molecular weight excluding hydrogens is 406 g/mol. The van der Waals surface area contributed by atoms with Crippen molar-refractivity contribution < 1.29 is 4.79 Å². The molecule has 2 aromatic carbocycles. The molecule has 0 atom stereocenters. The van der Waals surface area contributed by atoms with E-state index in [0.29, 0.717) is 12.5 Å². The molecule has 1 amide bonds. The van der Waals surface area contributed by atoms with Crippen LogP contribution in [0.1, 0.15) is 55.7 Å². The van der Waals surface area contributed by atoms with Crippen molar-refractivity contribution in [3.8, 4) is 11.1 Å². The second-order valence-corrected chi connectivity index (χ2v) is 10.2. The maximum absolute atomic E-state index is 13.0. The molecule has 0 aromatic heterocycles. The van der Waals surface area contributed by atoms with Gasteiger partial charge in [-0.25, -0.2) is 0 Å². The number of rotatable bonds is 5. The molecule has 0 spiro atoms. The molecule has 33 heavy (non-hydrogen) atoms. The summed E-state index contributed by atoms with van der Waals surface area (Å²) in [6.07, 6.45) is 8.98. The van der Waals surface area contributed by atoms with Crippen LogP contribution in [0.15, 0.2) is 42.5 Å². The van der Waals surface area contributed by atoms with E-state index >= 15 is 0 Å². The lowest BCUT2D eigenvalue weighted by Gasteiger charge is -2.41. The Morgan fingerprint density at radius 2 is 1.58 bits per heavy atom. The number of fused-ring (bicyclic) bond motifs is 1. The van der Waals surface area contributed by atoms with Gasteiger partial charge in [-0.2, -0.15) is 0 Å². The minimum absolute atomic E-state index is 0.314. The van der Waals surface area contributed by atoms with Crippen molar-refractivity contribution in [2.75, 3.05) is 39.3 Å². The smallest absolute Gasteiger partial charge is 0.236 e. The molecule has 4 nitrogen and oxygen atoms in total. The monoisotopic (exact) mass is 445 g/mol. The molecule has 4 heteroatoms. The maximum Gasteiger partial charge on any atom is 0.236 e. The summed E-state index contributed by atoms with van der Waals surface area (Å²) in [7, 11) is 0. The highest BCUT2D eigenvalue weighted by molar-refractivity contribution is 5.78. The van der Waals surface area contributed by atoms with Gasteiger partial charge in [-0.15, -0.1) is 0 Å². The summed E-state index contributed by atoms with van der Waals surface area (Å²) in [6, 6.07) is 16.6. The fourth-order valence-electron chi connectivity index (χ4n) is 5.93. The van der Waals surface area contributed by atoms with Crippen LogP contribution >= 0.6 is 0 Å². The summed E-state index contributed by atoms with van der Waals surface area (Å²) in [5.41, 5.74) is 6.80. The number of carbonyl (C=O) groups excluding carboxylic acids is 1. The standard InChI is InChI=1S/C29H39N3O/c1-2-23-8-10-24(11-9-23)25-12-13-27-21-30(15-14-26(27)20-25)22-29(33)32-18-16-31(17-19-32)28-6-4-3-5-7-28/h8-13,20,28H,2-7,14-19,21-22H2,1H3. The van der Waals surface area contributed by atoms with Gasteiger partial charge in [-0.05, 0) is 53.5 Å². The molecule has 5 rings (SSSR count). The van der Waals surface area contributed by atoms with Crippen LogP contribution in [0.5, 0.6) is 0 Å². The third-order valence-electron chi connectivity index (χ3n) is 8.11. The van der Waals surface area contributed by atoms with Crippen LogP contribution in [0.2, 0.25) is 0 Å². The molecule has 0 unspecified atom stereocenters. The molecule has 2 fully saturated rings. The molecule has 0 N–H and O–H groups in total. The lowest BCUT2D eigenvalue weighted by atomic mass is 9.93. The highest BCUT2D eigenvalue weighted by atomic mass is 16.2. The van der Waals surface area contributed by atoms with E-state index < -0.39 is 0 Å². The number of aryl methyl sites for hydroxylation is 1. The highest BCUT2D eigenvalue weighted by Gasteiger charge is 2.28. The van der Waals surface area contributed by atoms with Crippen LogP contribution < -0.4 is 0 Å². The van der Waals surface area contributed by atoms with Crippen molar-refractivity contribution in [3.05, 3.63) is 59.2 Å². The first-order chi connectivity index (χ1) is 16.2. The SMILES string of the molecule is CCc1ccc(-c2ccc3c(c2)CCN(CC(=O)N2CCN(C4CCCCC4)CC2)C3)cc1. The zero-order valence-corrected chi connectivity index (χ0v) is 20.3. The van der Waals surface area contributed by atoms with E-state index in [-0.39, 0.29) is 0 Å². The van der Waals surface area contributed by atoms with Gasteiger partial charge in [0.1, 0.15) is 0 Å². The quantitative estimate of drug-likeness (QED) is 0.664. The van der Waals surface area contributed by atoms with Crippen molar-refractivity contribution in [3.63, 3.8) is 0 Å². The van der Waals surface area contributed by atoms with E-state index in [9.17, 15) is 4.79 Å². The summed E-state index contributed by atoms with van der Waals surface area (Å²) in [6.45, 7) is 8.53. The first-order valence-electron chi connectivity index (χ1n) is 13.1. The lowest BCUT2D eigenvalue weighted by molar-refractivity contribution is -0.134. The Labute approximate surface area is 199 Å². The van der Waals surface area contributed by atoms with Crippen molar-refractivity contribution in [2.24, 2.45) is 0 Å². The van der Waals surface area contributed by atoms with Crippen LogP contribution in [-0.4, -0.2) is 65.9 Å². The predicted octanol–water partition coefficient (Wildman–Crippen LogP) is 4.75. The minimum atomic E-state index is 0.314. The van der Waals surface area contributed by atoms with Gasteiger partial charge in [0, 0.05) is 45.3 Å². The highest BCUT2D eigenvalue weighted by Crippen LogP contribution is 2.27. The van der Waals surface area contributed by atoms with Crippen LogP contribution in [0.25, 0.3) is 11.1 Å². The van der Waals surface area contributed by atoms with Gasteiger partial charge in [-0.3, -0.25) is 14.6 Å². The molecule has 1 saturated carbocycles. The molecule has 2 aliphatic heterocycles. The first kappa shape index (κ1) is 22.6. The summed E-state index contributed by atoms with van der Waals surface area (Å²) in [5.74, 6) is 0.314. The molecule has 0 radical (unpaired) electrons. The second-order valence-electron chi connectivity index (χ2n) is 10.2. The summed E-state index contributed by atoms with van der Waals surface area (Å²) < 4.78 is 0. The van der Waals surface area contributed by atoms with E-state index in [1.54, 1.807) is 0 Å². The third-order valence-corrected chi connectivity index (χ3v) is 8.11.